The van der Waals surface area contributed by atoms with Crippen LogP contribution >= 0.6 is 0 Å². The first-order valence-electron chi connectivity index (χ1n) is 10.4. The number of rotatable bonds is 2. The summed E-state index contributed by atoms with van der Waals surface area (Å²) in [6.45, 7) is 3.01. The van der Waals surface area contributed by atoms with Gasteiger partial charge in [0.1, 0.15) is 5.82 Å². The van der Waals surface area contributed by atoms with Crippen molar-refractivity contribution in [3.8, 4) is 11.5 Å². The van der Waals surface area contributed by atoms with Crippen LogP contribution in [0.4, 0.5) is 4.39 Å². The second kappa shape index (κ2) is 6.46. The third-order valence-corrected chi connectivity index (χ3v) is 7.18. The molecule has 150 valence electrons. The van der Waals surface area contributed by atoms with Gasteiger partial charge in [0.25, 0.3) is 5.91 Å². The van der Waals surface area contributed by atoms with E-state index in [0.717, 1.165) is 37.4 Å². The zero-order valence-corrected chi connectivity index (χ0v) is 16.1. The van der Waals surface area contributed by atoms with Crippen molar-refractivity contribution >= 4 is 5.91 Å². The first-order valence-corrected chi connectivity index (χ1v) is 10.4. The fourth-order valence-electron chi connectivity index (χ4n) is 5.88. The smallest absolute Gasteiger partial charge is 0.257 e. The van der Waals surface area contributed by atoms with E-state index < -0.39 is 5.82 Å². The summed E-state index contributed by atoms with van der Waals surface area (Å²) >= 11 is 0. The molecule has 0 unspecified atom stereocenters. The Balaban J connectivity index is 1.39. The Labute approximate surface area is 169 Å². The SMILES string of the molecule is O=C(c1ccccc1F)N1C[C@H](c2ccc3c(c2)OCO3)[C@H]2[C@@H]1C1CCN2CC1. The zero-order valence-electron chi connectivity index (χ0n) is 16.1. The molecule has 0 radical (unpaired) electrons. The maximum Gasteiger partial charge on any atom is 0.257 e. The molecule has 1 amide bonds. The van der Waals surface area contributed by atoms with Crippen molar-refractivity contribution in [3.05, 3.63) is 59.4 Å². The van der Waals surface area contributed by atoms with Crippen molar-refractivity contribution in [1.29, 1.82) is 0 Å². The van der Waals surface area contributed by atoms with Gasteiger partial charge in [-0.05, 0) is 61.7 Å². The third-order valence-electron chi connectivity index (χ3n) is 7.18. The Morgan fingerprint density at radius 3 is 2.62 bits per heavy atom. The molecule has 2 bridgehead atoms. The number of halogens is 1. The molecule has 5 heterocycles. The van der Waals surface area contributed by atoms with Crippen molar-refractivity contribution in [2.75, 3.05) is 26.4 Å². The summed E-state index contributed by atoms with van der Waals surface area (Å²) in [7, 11) is 0. The number of hydrogen-bond acceptors (Lipinski definition) is 4. The standard InChI is InChI=1S/C23H23FN2O3/c24-18-4-2-1-3-16(18)23(27)26-12-17(15-5-6-19-20(11-15)29-13-28-19)22-21(26)14-7-9-25(22)10-8-14/h1-6,11,14,17,21-22H,7-10,12-13H2/t17-,21+,22+/m1/s1. The van der Waals surface area contributed by atoms with Crippen molar-refractivity contribution < 1.29 is 18.7 Å². The van der Waals surface area contributed by atoms with Crippen LogP contribution in [-0.2, 0) is 0 Å². The van der Waals surface area contributed by atoms with Crippen LogP contribution < -0.4 is 9.47 Å². The second-order valence-electron chi connectivity index (χ2n) is 8.51. The van der Waals surface area contributed by atoms with Crippen LogP contribution in [0.25, 0.3) is 0 Å². The molecule has 5 nitrogen and oxygen atoms in total. The van der Waals surface area contributed by atoms with Gasteiger partial charge in [-0.25, -0.2) is 4.39 Å². The molecule has 29 heavy (non-hydrogen) atoms. The van der Waals surface area contributed by atoms with E-state index in [1.165, 1.54) is 11.6 Å². The molecular formula is C23H23FN2O3. The van der Waals surface area contributed by atoms with Crippen molar-refractivity contribution in [3.63, 3.8) is 0 Å². The van der Waals surface area contributed by atoms with Gasteiger partial charge >= 0.3 is 0 Å². The van der Waals surface area contributed by atoms with E-state index in [9.17, 15) is 9.18 Å². The van der Waals surface area contributed by atoms with Crippen LogP contribution in [-0.4, -0.2) is 54.2 Å². The fourth-order valence-corrected chi connectivity index (χ4v) is 5.88. The molecule has 3 atom stereocenters. The van der Waals surface area contributed by atoms with Crippen molar-refractivity contribution in [2.45, 2.75) is 30.8 Å². The topological polar surface area (TPSA) is 42.0 Å². The highest BCUT2D eigenvalue weighted by Gasteiger charge is 2.55. The van der Waals surface area contributed by atoms with Crippen LogP contribution in [0.2, 0.25) is 0 Å². The van der Waals surface area contributed by atoms with Crippen molar-refractivity contribution in [1.82, 2.24) is 9.80 Å². The first-order chi connectivity index (χ1) is 14.2. The maximum atomic E-state index is 14.4. The first kappa shape index (κ1) is 17.3. The normalized spacial score (nSPS) is 31.8. The number of carbonyl (C=O) groups is 1. The Morgan fingerprint density at radius 2 is 1.79 bits per heavy atom. The average Bonchev–Trinajstić information content (AvgIpc) is 3.40. The van der Waals surface area contributed by atoms with Crippen LogP contribution in [0, 0.1) is 11.7 Å². The number of carbonyl (C=O) groups excluding carboxylic acids is 1. The highest BCUT2D eigenvalue weighted by molar-refractivity contribution is 5.95. The van der Waals surface area contributed by atoms with Gasteiger partial charge in [0.2, 0.25) is 6.79 Å². The van der Waals surface area contributed by atoms with Gasteiger partial charge in [-0.1, -0.05) is 18.2 Å². The monoisotopic (exact) mass is 394 g/mol. The number of hydrogen-bond donors (Lipinski definition) is 0. The van der Waals surface area contributed by atoms with Gasteiger partial charge in [-0.15, -0.1) is 0 Å². The van der Waals surface area contributed by atoms with Gasteiger partial charge in [0, 0.05) is 18.5 Å². The largest absolute Gasteiger partial charge is 0.454 e. The highest BCUT2D eigenvalue weighted by Crippen LogP contribution is 2.48. The summed E-state index contributed by atoms with van der Waals surface area (Å²) < 4.78 is 25.4. The molecule has 6 heteroatoms. The average molecular weight is 394 g/mol. The summed E-state index contributed by atoms with van der Waals surface area (Å²) in [6, 6.07) is 12.9. The van der Waals surface area contributed by atoms with Gasteiger partial charge in [-0.3, -0.25) is 9.69 Å². The lowest BCUT2D eigenvalue weighted by atomic mass is 9.75. The lowest BCUT2D eigenvalue weighted by molar-refractivity contribution is -0.00354. The van der Waals surface area contributed by atoms with E-state index >= 15 is 0 Å². The summed E-state index contributed by atoms with van der Waals surface area (Å²) in [5.74, 6) is 1.59. The molecule has 2 aromatic rings. The molecule has 7 rings (SSSR count). The van der Waals surface area contributed by atoms with E-state index in [2.05, 4.69) is 17.0 Å². The number of fused-ring (bicyclic) bond motifs is 3. The maximum absolute atomic E-state index is 14.4. The number of nitrogens with zero attached hydrogens (tertiary/aromatic N) is 2. The van der Waals surface area contributed by atoms with E-state index in [1.807, 2.05) is 11.0 Å². The number of piperidine rings is 3. The number of likely N-dealkylation sites (tertiary alicyclic amines) is 1. The lowest BCUT2D eigenvalue weighted by Gasteiger charge is -2.51. The van der Waals surface area contributed by atoms with Gasteiger partial charge < -0.3 is 14.4 Å². The molecule has 5 aliphatic rings. The molecule has 4 fully saturated rings. The molecule has 0 saturated carbocycles. The summed E-state index contributed by atoms with van der Waals surface area (Å²) in [4.78, 5) is 17.9. The molecule has 5 aliphatic heterocycles. The minimum atomic E-state index is -0.443. The quantitative estimate of drug-likeness (QED) is 0.784. The Bertz CT molecular complexity index is 972. The summed E-state index contributed by atoms with van der Waals surface area (Å²) in [5.41, 5.74) is 1.34. The lowest BCUT2D eigenvalue weighted by Crippen LogP contribution is -2.60. The summed E-state index contributed by atoms with van der Waals surface area (Å²) in [6.07, 6.45) is 2.21. The molecule has 0 N–H and O–H groups in total. The molecule has 0 aliphatic carbocycles. The predicted octanol–water partition coefficient (Wildman–Crippen LogP) is 3.26. The molecule has 0 spiro atoms. The van der Waals surface area contributed by atoms with E-state index in [4.69, 9.17) is 9.47 Å². The fraction of sp³-hybridized carbons (Fsp3) is 0.435. The number of ether oxygens (including phenoxy) is 2. The predicted molar refractivity (Wildman–Crippen MR) is 105 cm³/mol. The minimum Gasteiger partial charge on any atom is -0.454 e. The molecule has 4 saturated heterocycles. The van der Waals surface area contributed by atoms with Gasteiger partial charge in [-0.2, -0.15) is 0 Å². The highest BCUT2D eigenvalue weighted by atomic mass is 19.1. The van der Waals surface area contributed by atoms with Gasteiger partial charge in [0.15, 0.2) is 11.5 Å². The van der Waals surface area contributed by atoms with E-state index in [-0.39, 0.29) is 36.3 Å². The Morgan fingerprint density at radius 1 is 1.00 bits per heavy atom. The Kier molecular flexibility index (Phi) is 3.85. The summed E-state index contributed by atoms with van der Waals surface area (Å²) in [5, 5.41) is 0. The van der Waals surface area contributed by atoms with Crippen LogP contribution in [0.15, 0.2) is 42.5 Å². The van der Waals surface area contributed by atoms with Crippen LogP contribution in [0.5, 0.6) is 11.5 Å². The van der Waals surface area contributed by atoms with E-state index in [0.29, 0.717) is 12.5 Å². The molecule has 2 aromatic carbocycles. The molecular weight excluding hydrogens is 371 g/mol. The Hall–Kier alpha value is -2.60. The number of benzene rings is 2. The van der Waals surface area contributed by atoms with Crippen LogP contribution in [0.1, 0.15) is 34.7 Å². The van der Waals surface area contributed by atoms with Crippen molar-refractivity contribution in [2.24, 2.45) is 5.92 Å². The number of amides is 1. The van der Waals surface area contributed by atoms with E-state index in [1.54, 1.807) is 18.2 Å². The van der Waals surface area contributed by atoms with Gasteiger partial charge in [0.05, 0.1) is 11.6 Å². The third kappa shape index (κ3) is 2.58. The zero-order chi connectivity index (χ0) is 19.5. The van der Waals surface area contributed by atoms with Crippen LogP contribution in [0.3, 0.4) is 0 Å². The minimum absolute atomic E-state index is 0.139. The molecule has 0 aromatic heterocycles. The second-order valence-corrected chi connectivity index (χ2v) is 8.51.